The van der Waals surface area contributed by atoms with Crippen LogP contribution in [0.2, 0.25) is 0 Å². The summed E-state index contributed by atoms with van der Waals surface area (Å²) in [4.78, 5) is 26.3. The predicted molar refractivity (Wildman–Crippen MR) is 131 cm³/mol. The average molecular weight is 526 g/mol. The normalized spacial score (nSPS) is 19.2. The van der Waals surface area contributed by atoms with Crippen LogP contribution in [-0.2, 0) is 4.79 Å². The number of aromatic nitrogens is 2. The summed E-state index contributed by atoms with van der Waals surface area (Å²) < 4.78 is 17.4. The molecule has 3 aromatic rings. The number of H-pyrrole nitrogens is 2. The Morgan fingerprint density at radius 1 is 0.912 bits per heavy atom. The first-order chi connectivity index (χ1) is 16.4. The van der Waals surface area contributed by atoms with Crippen LogP contribution in [0.5, 0.6) is 17.2 Å². The van der Waals surface area contributed by atoms with Crippen molar-refractivity contribution in [3.8, 4) is 17.2 Å². The smallest absolute Gasteiger partial charge is 0.270 e. The van der Waals surface area contributed by atoms with Crippen molar-refractivity contribution in [2.45, 2.75) is 24.7 Å². The quantitative estimate of drug-likeness (QED) is 0.454. The van der Waals surface area contributed by atoms with Crippen molar-refractivity contribution in [1.82, 2.24) is 10.2 Å². The number of hydrogen-bond donors (Lipinski definition) is 3. The molecular weight excluding hydrogens is 502 g/mol. The number of aromatic amines is 2. The Balaban J connectivity index is 1.60. The molecule has 2 aromatic carbocycles. The summed E-state index contributed by atoms with van der Waals surface area (Å²) in [5.41, 5.74) is 3.54. The molecule has 0 spiro atoms. The third-order valence-electron chi connectivity index (χ3n) is 6.52. The molecule has 176 valence electrons. The van der Waals surface area contributed by atoms with Crippen molar-refractivity contribution in [2.24, 2.45) is 0 Å². The third kappa shape index (κ3) is 3.60. The van der Waals surface area contributed by atoms with Gasteiger partial charge in [-0.05, 0) is 47.7 Å². The molecule has 34 heavy (non-hydrogen) atoms. The van der Waals surface area contributed by atoms with E-state index in [1.54, 1.807) is 21.3 Å². The highest BCUT2D eigenvalue weighted by Gasteiger charge is 2.40. The molecule has 5 rings (SSSR count). The zero-order valence-corrected chi connectivity index (χ0v) is 20.5. The van der Waals surface area contributed by atoms with Gasteiger partial charge in [0.2, 0.25) is 5.75 Å². The number of ether oxygens (including phenoxy) is 3. The van der Waals surface area contributed by atoms with Crippen molar-refractivity contribution < 1.29 is 19.0 Å². The van der Waals surface area contributed by atoms with Crippen molar-refractivity contribution in [2.75, 3.05) is 26.6 Å². The molecule has 0 unspecified atom stereocenters. The summed E-state index contributed by atoms with van der Waals surface area (Å²) >= 11 is 3.52. The Hall–Kier alpha value is -3.46. The summed E-state index contributed by atoms with van der Waals surface area (Å²) in [5.74, 6) is 1.65. The maximum absolute atomic E-state index is 13.6. The Morgan fingerprint density at radius 3 is 2.29 bits per heavy atom. The van der Waals surface area contributed by atoms with E-state index in [9.17, 15) is 9.59 Å². The number of benzene rings is 2. The third-order valence-corrected chi connectivity index (χ3v) is 7.01. The van der Waals surface area contributed by atoms with Gasteiger partial charge in [0.1, 0.15) is 5.82 Å². The van der Waals surface area contributed by atoms with Gasteiger partial charge >= 0.3 is 0 Å². The summed E-state index contributed by atoms with van der Waals surface area (Å²) in [6.07, 6.45) is 0.901. The lowest BCUT2D eigenvalue weighted by atomic mass is 9.73. The largest absolute Gasteiger partial charge is 0.493 e. The standard InChI is InChI=1S/C25H24BrN3O5/c1-32-18-10-14(11-19(33-2)23(18)34-3)13-8-16-21(17(30)9-13)20(12-5-4-6-15(26)7-12)22-24(27-16)28-29-25(22)31/h4-7,10-11,13,20H,8-9H2,1-3H3,(H3,27,28,29,31)/t13-,20-/m0/s1. The van der Waals surface area contributed by atoms with Gasteiger partial charge in [-0.3, -0.25) is 19.8 Å². The van der Waals surface area contributed by atoms with Crippen LogP contribution in [0.1, 0.15) is 41.4 Å². The minimum absolute atomic E-state index is 0.00345. The van der Waals surface area contributed by atoms with Crippen molar-refractivity contribution in [1.29, 1.82) is 0 Å². The number of carbonyl (C=O) groups excluding carboxylic acids is 1. The van der Waals surface area contributed by atoms with Crippen molar-refractivity contribution >= 4 is 27.5 Å². The van der Waals surface area contributed by atoms with Gasteiger partial charge in [0.05, 0.1) is 26.9 Å². The molecule has 1 aliphatic heterocycles. The zero-order valence-electron chi connectivity index (χ0n) is 19.0. The summed E-state index contributed by atoms with van der Waals surface area (Å²) in [5, 5.41) is 8.91. The second-order valence-corrected chi connectivity index (χ2v) is 9.28. The molecular formula is C25H24BrN3O5. The highest BCUT2D eigenvalue weighted by atomic mass is 79.9. The Morgan fingerprint density at radius 2 is 1.65 bits per heavy atom. The molecule has 2 aliphatic rings. The lowest BCUT2D eigenvalue weighted by Gasteiger charge is -2.34. The highest BCUT2D eigenvalue weighted by molar-refractivity contribution is 9.10. The van der Waals surface area contributed by atoms with Gasteiger partial charge in [0, 0.05) is 28.1 Å². The number of halogens is 1. The van der Waals surface area contributed by atoms with Crippen LogP contribution in [0, 0.1) is 0 Å². The lowest BCUT2D eigenvalue weighted by molar-refractivity contribution is -0.116. The summed E-state index contributed by atoms with van der Waals surface area (Å²) in [7, 11) is 4.70. The number of anilines is 1. The van der Waals surface area contributed by atoms with Crippen LogP contribution in [0.15, 0.2) is 56.9 Å². The van der Waals surface area contributed by atoms with Crippen LogP contribution in [0.4, 0.5) is 5.82 Å². The van der Waals surface area contributed by atoms with E-state index in [0.717, 1.165) is 21.3 Å². The second kappa shape index (κ2) is 8.72. The second-order valence-electron chi connectivity index (χ2n) is 8.36. The summed E-state index contributed by atoms with van der Waals surface area (Å²) in [6, 6.07) is 11.5. The van der Waals surface area contributed by atoms with Gasteiger partial charge in [0.15, 0.2) is 17.3 Å². The number of rotatable bonds is 5. The molecule has 1 aliphatic carbocycles. The molecule has 0 amide bonds. The van der Waals surface area contributed by atoms with E-state index < -0.39 is 5.92 Å². The van der Waals surface area contributed by atoms with Gasteiger partial charge < -0.3 is 19.5 Å². The van der Waals surface area contributed by atoms with E-state index in [-0.39, 0.29) is 17.3 Å². The summed E-state index contributed by atoms with van der Waals surface area (Å²) in [6.45, 7) is 0. The number of ketones is 1. The Bertz CT molecular complexity index is 1350. The number of methoxy groups -OCH3 is 3. The fourth-order valence-electron chi connectivity index (χ4n) is 5.01. The molecule has 2 heterocycles. The highest BCUT2D eigenvalue weighted by Crippen LogP contribution is 2.48. The Labute approximate surface area is 204 Å². The monoisotopic (exact) mass is 525 g/mol. The topological polar surface area (TPSA) is 105 Å². The molecule has 0 radical (unpaired) electrons. The molecule has 0 saturated heterocycles. The van der Waals surface area contributed by atoms with Crippen molar-refractivity contribution in [3.05, 3.63) is 79.2 Å². The molecule has 0 bridgehead atoms. The van der Waals surface area contributed by atoms with Crippen LogP contribution in [-0.4, -0.2) is 37.3 Å². The SMILES string of the molecule is COc1cc([C@@H]2CC(=O)C3=C(C2)Nc2[nH][nH]c(=O)c2[C@H]3c2cccc(Br)c2)cc(OC)c1OC. The number of carbonyl (C=O) groups is 1. The van der Waals surface area contributed by atoms with Crippen LogP contribution in [0.3, 0.4) is 0 Å². The predicted octanol–water partition coefficient (Wildman–Crippen LogP) is 4.45. The number of Topliss-reactive ketones (excluding diaryl/α,β-unsaturated/α-hetero) is 1. The van der Waals surface area contributed by atoms with Gasteiger partial charge in [-0.15, -0.1) is 0 Å². The molecule has 0 saturated carbocycles. The first-order valence-corrected chi connectivity index (χ1v) is 11.6. The fourth-order valence-corrected chi connectivity index (χ4v) is 5.43. The van der Waals surface area contributed by atoms with E-state index in [1.165, 1.54) is 0 Å². The van der Waals surface area contributed by atoms with E-state index in [2.05, 4.69) is 31.4 Å². The fraction of sp³-hybridized carbons (Fsp3) is 0.280. The molecule has 2 atom stereocenters. The number of fused-ring (bicyclic) bond motifs is 1. The molecule has 8 nitrogen and oxygen atoms in total. The number of allylic oxidation sites excluding steroid dienone is 2. The van der Waals surface area contributed by atoms with Crippen LogP contribution < -0.4 is 25.1 Å². The van der Waals surface area contributed by atoms with E-state index in [1.807, 2.05) is 36.4 Å². The maximum Gasteiger partial charge on any atom is 0.270 e. The average Bonchev–Trinajstić information content (AvgIpc) is 3.21. The van der Waals surface area contributed by atoms with Gasteiger partial charge in [-0.1, -0.05) is 28.1 Å². The van der Waals surface area contributed by atoms with Crippen molar-refractivity contribution in [3.63, 3.8) is 0 Å². The molecule has 3 N–H and O–H groups in total. The molecule has 1 aromatic heterocycles. The number of nitrogens with one attached hydrogen (secondary N) is 3. The first kappa shape index (κ1) is 22.3. The minimum atomic E-state index is -0.452. The first-order valence-electron chi connectivity index (χ1n) is 10.8. The maximum atomic E-state index is 13.6. The van der Waals surface area contributed by atoms with E-state index >= 15 is 0 Å². The minimum Gasteiger partial charge on any atom is -0.493 e. The van der Waals surface area contributed by atoms with E-state index in [0.29, 0.717) is 47.0 Å². The lowest BCUT2D eigenvalue weighted by Crippen LogP contribution is -2.31. The van der Waals surface area contributed by atoms with Gasteiger partial charge in [-0.2, -0.15) is 0 Å². The van der Waals surface area contributed by atoms with Gasteiger partial charge in [-0.25, -0.2) is 0 Å². The van der Waals surface area contributed by atoms with E-state index in [4.69, 9.17) is 14.2 Å². The Kier molecular flexibility index (Phi) is 5.73. The zero-order chi connectivity index (χ0) is 24.0. The molecule has 9 heteroatoms. The van der Waals surface area contributed by atoms with Gasteiger partial charge in [0.25, 0.3) is 5.56 Å². The van der Waals surface area contributed by atoms with Crippen LogP contribution in [0.25, 0.3) is 0 Å². The molecule has 0 fully saturated rings. The number of hydrogen-bond acceptors (Lipinski definition) is 6. The van der Waals surface area contributed by atoms with Crippen LogP contribution >= 0.6 is 15.9 Å².